The van der Waals surface area contributed by atoms with E-state index in [9.17, 15) is 0 Å². The predicted octanol–water partition coefficient (Wildman–Crippen LogP) is 3.94. The summed E-state index contributed by atoms with van der Waals surface area (Å²) in [5.74, 6) is 1.57. The average Bonchev–Trinajstić information content (AvgIpc) is 2.59. The van der Waals surface area contributed by atoms with E-state index < -0.39 is 0 Å². The first kappa shape index (κ1) is 15.8. The van der Waals surface area contributed by atoms with Gasteiger partial charge >= 0.3 is 0 Å². The second-order valence-corrected chi connectivity index (χ2v) is 4.77. The smallest absolute Gasteiger partial charge is 0.127 e. The molecule has 0 aromatic heterocycles. The Hall–Kier alpha value is -2.62. The van der Waals surface area contributed by atoms with E-state index in [-0.39, 0.29) is 0 Å². The van der Waals surface area contributed by atoms with Crippen molar-refractivity contribution in [3.63, 3.8) is 0 Å². The van der Waals surface area contributed by atoms with Crippen LogP contribution in [0.4, 0.5) is 0 Å². The molecule has 0 radical (unpaired) electrons. The van der Waals surface area contributed by atoms with Crippen molar-refractivity contribution >= 4 is 11.4 Å². The summed E-state index contributed by atoms with van der Waals surface area (Å²) in [7, 11) is 3.30. The van der Waals surface area contributed by atoms with Crippen LogP contribution in [0.25, 0.3) is 0 Å². The number of methoxy groups -OCH3 is 2. The predicted molar refractivity (Wildman–Crippen MR) is 90.4 cm³/mol. The maximum Gasteiger partial charge on any atom is 0.127 e. The molecule has 0 amide bonds. The van der Waals surface area contributed by atoms with E-state index in [2.05, 4.69) is 10.2 Å². The second kappa shape index (κ2) is 7.41. The zero-order chi connectivity index (χ0) is 15.9. The largest absolute Gasteiger partial charge is 0.496 e. The van der Waals surface area contributed by atoms with Crippen LogP contribution in [0.15, 0.2) is 58.7 Å². The van der Waals surface area contributed by atoms with Crippen LogP contribution in [0.1, 0.15) is 25.0 Å². The maximum absolute atomic E-state index is 5.35. The summed E-state index contributed by atoms with van der Waals surface area (Å²) in [6, 6.07) is 15.5. The molecule has 0 N–H and O–H groups in total. The van der Waals surface area contributed by atoms with Crippen molar-refractivity contribution in [2.24, 2.45) is 10.2 Å². The highest BCUT2D eigenvalue weighted by atomic mass is 16.5. The summed E-state index contributed by atoms with van der Waals surface area (Å²) in [6.07, 6.45) is 0. The lowest BCUT2D eigenvalue weighted by Gasteiger charge is -2.08. The number of nitrogens with zero attached hydrogens (tertiary/aromatic N) is 2. The number of hydrogen-bond donors (Lipinski definition) is 0. The summed E-state index contributed by atoms with van der Waals surface area (Å²) in [5.41, 5.74) is 3.46. The van der Waals surface area contributed by atoms with Gasteiger partial charge in [-0.25, -0.2) is 0 Å². The van der Waals surface area contributed by atoms with Crippen molar-refractivity contribution in [1.82, 2.24) is 0 Å². The molecule has 22 heavy (non-hydrogen) atoms. The molecular formula is C18H20N2O2. The first-order chi connectivity index (χ1) is 10.7. The van der Waals surface area contributed by atoms with Gasteiger partial charge in [-0.1, -0.05) is 24.3 Å². The third-order valence-corrected chi connectivity index (χ3v) is 3.34. The zero-order valence-corrected chi connectivity index (χ0v) is 13.3. The van der Waals surface area contributed by atoms with Crippen molar-refractivity contribution < 1.29 is 9.47 Å². The van der Waals surface area contributed by atoms with E-state index in [0.717, 1.165) is 34.0 Å². The Bertz CT molecular complexity index is 644. The minimum Gasteiger partial charge on any atom is -0.496 e. The third kappa shape index (κ3) is 3.52. The number of rotatable bonds is 5. The van der Waals surface area contributed by atoms with Gasteiger partial charge in [-0.2, -0.15) is 10.2 Å². The van der Waals surface area contributed by atoms with Crippen LogP contribution >= 0.6 is 0 Å². The van der Waals surface area contributed by atoms with Crippen molar-refractivity contribution in [3.05, 3.63) is 59.7 Å². The molecule has 0 unspecified atom stereocenters. The van der Waals surface area contributed by atoms with E-state index in [0.29, 0.717) is 0 Å². The van der Waals surface area contributed by atoms with Gasteiger partial charge in [0, 0.05) is 11.1 Å². The fourth-order valence-electron chi connectivity index (χ4n) is 2.14. The molecule has 0 fully saturated rings. The summed E-state index contributed by atoms with van der Waals surface area (Å²) >= 11 is 0. The number of ether oxygens (including phenoxy) is 2. The standard InChI is InChI=1S/C18H20N2O2/c1-13(15-9-5-7-11-17(15)21-3)19-20-14(2)16-10-6-8-12-18(16)22-4/h5-12H,1-4H3/b19-13-,20-14-. The Kier molecular flexibility index (Phi) is 5.31. The van der Waals surface area contributed by atoms with E-state index in [1.165, 1.54) is 0 Å². The molecule has 0 heterocycles. The molecule has 0 atom stereocenters. The lowest BCUT2D eigenvalue weighted by Crippen LogP contribution is -2.01. The molecule has 4 heteroatoms. The SMILES string of the molecule is COc1ccccc1/C(C)=N\N=C(\C)c1ccccc1OC. The van der Waals surface area contributed by atoms with Crippen molar-refractivity contribution in [3.8, 4) is 11.5 Å². The van der Waals surface area contributed by atoms with Gasteiger partial charge in [0.1, 0.15) is 11.5 Å². The van der Waals surface area contributed by atoms with Crippen LogP contribution in [0.2, 0.25) is 0 Å². The summed E-state index contributed by atoms with van der Waals surface area (Å²) in [4.78, 5) is 0. The van der Waals surface area contributed by atoms with Gasteiger partial charge in [0.25, 0.3) is 0 Å². The van der Waals surface area contributed by atoms with Gasteiger partial charge < -0.3 is 9.47 Å². The maximum atomic E-state index is 5.35. The highest BCUT2D eigenvalue weighted by Gasteiger charge is 2.06. The first-order valence-electron chi connectivity index (χ1n) is 7.03. The van der Waals surface area contributed by atoms with E-state index >= 15 is 0 Å². The average molecular weight is 296 g/mol. The molecule has 0 spiro atoms. The molecule has 2 aromatic carbocycles. The lowest BCUT2D eigenvalue weighted by molar-refractivity contribution is 0.413. The second-order valence-electron chi connectivity index (χ2n) is 4.77. The summed E-state index contributed by atoms with van der Waals surface area (Å²) in [5, 5.41) is 8.65. The number of hydrogen-bond acceptors (Lipinski definition) is 4. The first-order valence-corrected chi connectivity index (χ1v) is 7.03. The fourth-order valence-corrected chi connectivity index (χ4v) is 2.14. The highest BCUT2D eigenvalue weighted by Crippen LogP contribution is 2.20. The van der Waals surface area contributed by atoms with Crippen LogP contribution in [-0.2, 0) is 0 Å². The molecule has 0 saturated heterocycles. The topological polar surface area (TPSA) is 43.2 Å². The molecule has 0 aliphatic rings. The van der Waals surface area contributed by atoms with Crippen LogP contribution in [0, 0.1) is 0 Å². The van der Waals surface area contributed by atoms with E-state index in [1.54, 1.807) is 14.2 Å². The Labute approximate surface area is 131 Å². The van der Waals surface area contributed by atoms with Gasteiger partial charge in [-0.15, -0.1) is 0 Å². The Morgan fingerprint density at radius 3 is 1.41 bits per heavy atom. The van der Waals surface area contributed by atoms with Crippen molar-refractivity contribution in [2.45, 2.75) is 13.8 Å². The van der Waals surface area contributed by atoms with Gasteiger partial charge in [0.15, 0.2) is 0 Å². The Morgan fingerprint density at radius 2 is 1.05 bits per heavy atom. The minimum absolute atomic E-state index is 0.786. The summed E-state index contributed by atoms with van der Waals surface area (Å²) in [6.45, 7) is 3.83. The van der Waals surface area contributed by atoms with Crippen LogP contribution < -0.4 is 9.47 Å². The Balaban J connectivity index is 2.32. The quantitative estimate of drug-likeness (QED) is 0.619. The summed E-state index contributed by atoms with van der Waals surface area (Å²) < 4.78 is 10.7. The fraction of sp³-hybridized carbons (Fsp3) is 0.222. The van der Waals surface area contributed by atoms with Crippen molar-refractivity contribution in [2.75, 3.05) is 14.2 Å². The monoisotopic (exact) mass is 296 g/mol. The molecule has 0 aliphatic carbocycles. The lowest BCUT2D eigenvalue weighted by atomic mass is 10.1. The zero-order valence-electron chi connectivity index (χ0n) is 13.3. The molecule has 114 valence electrons. The van der Waals surface area contributed by atoms with Crippen molar-refractivity contribution in [1.29, 1.82) is 0 Å². The molecule has 0 aliphatic heterocycles. The van der Waals surface area contributed by atoms with Gasteiger partial charge in [0.05, 0.1) is 25.6 Å². The highest BCUT2D eigenvalue weighted by molar-refractivity contribution is 6.04. The van der Waals surface area contributed by atoms with Crippen LogP contribution in [-0.4, -0.2) is 25.6 Å². The van der Waals surface area contributed by atoms with E-state index in [4.69, 9.17) is 9.47 Å². The molecular weight excluding hydrogens is 276 g/mol. The Morgan fingerprint density at radius 1 is 0.682 bits per heavy atom. The minimum atomic E-state index is 0.786. The van der Waals surface area contributed by atoms with E-state index in [1.807, 2.05) is 62.4 Å². The number of para-hydroxylation sites is 2. The van der Waals surface area contributed by atoms with Gasteiger partial charge in [-0.3, -0.25) is 0 Å². The number of benzene rings is 2. The molecule has 4 nitrogen and oxygen atoms in total. The molecule has 2 aromatic rings. The molecule has 0 saturated carbocycles. The van der Waals surface area contributed by atoms with Crippen LogP contribution in [0.3, 0.4) is 0 Å². The molecule has 2 rings (SSSR count). The molecule has 0 bridgehead atoms. The van der Waals surface area contributed by atoms with Crippen LogP contribution in [0.5, 0.6) is 11.5 Å². The normalized spacial score (nSPS) is 12.2. The van der Waals surface area contributed by atoms with Gasteiger partial charge in [0.2, 0.25) is 0 Å². The third-order valence-electron chi connectivity index (χ3n) is 3.34. The van der Waals surface area contributed by atoms with Gasteiger partial charge in [-0.05, 0) is 38.1 Å².